The lowest BCUT2D eigenvalue weighted by atomic mass is 10.0. The summed E-state index contributed by atoms with van der Waals surface area (Å²) >= 11 is 0. The van der Waals surface area contributed by atoms with Crippen LogP contribution in [0.2, 0.25) is 0 Å². The molecule has 2 unspecified atom stereocenters. The normalized spacial score (nSPS) is 12.6. The third-order valence-electron chi connectivity index (χ3n) is 21.4. The van der Waals surface area contributed by atoms with Crippen molar-refractivity contribution in [2.45, 2.75) is 527 Å². The van der Waals surface area contributed by atoms with E-state index in [1.807, 2.05) is 6.08 Å². The molecule has 0 spiro atoms. The van der Waals surface area contributed by atoms with Crippen molar-refractivity contribution < 1.29 is 24.5 Å². The Balaban J connectivity index is 3.32. The summed E-state index contributed by atoms with van der Waals surface area (Å²) in [5, 5.41) is 23.4. The number of unbranched alkanes of at least 4 members (excludes halogenated alkanes) is 71. The highest BCUT2D eigenvalue weighted by Gasteiger charge is 2.18. The average molecular weight is 1380 g/mol. The molecule has 0 fully saturated rings. The summed E-state index contributed by atoms with van der Waals surface area (Å²) < 4.78 is 5.52. The number of allylic oxidation sites excluding steroid dienone is 5. The molecule has 0 bridgehead atoms. The lowest BCUT2D eigenvalue weighted by molar-refractivity contribution is -0.143. The van der Waals surface area contributed by atoms with Gasteiger partial charge in [0.05, 0.1) is 25.4 Å². The third-order valence-corrected chi connectivity index (χ3v) is 21.4. The molecule has 3 N–H and O–H groups in total. The van der Waals surface area contributed by atoms with Gasteiger partial charge in [-0.2, -0.15) is 0 Å². The highest BCUT2D eigenvalue weighted by atomic mass is 16.5. The lowest BCUT2D eigenvalue weighted by Crippen LogP contribution is -2.45. The van der Waals surface area contributed by atoms with E-state index in [-0.39, 0.29) is 18.5 Å². The number of esters is 1. The van der Waals surface area contributed by atoms with Crippen molar-refractivity contribution >= 4 is 11.9 Å². The molecule has 6 nitrogen and oxygen atoms in total. The van der Waals surface area contributed by atoms with Crippen LogP contribution in [0.4, 0.5) is 0 Å². The van der Waals surface area contributed by atoms with Gasteiger partial charge in [-0.05, 0) is 64.2 Å². The Hall–Kier alpha value is -1.92. The Bertz CT molecular complexity index is 1590. The Kier molecular flexibility index (Phi) is 85.8. The largest absolute Gasteiger partial charge is 0.466 e. The third kappa shape index (κ3) is 83.0. The van der Waals surface area contributed by atoms with E-state index in [0.717, 1.165) is 44.9 Å². The number of aliphatic hydroxyl groups is 2. The molecule has 1 amide bonds. The van der Waals surface area contributed by atoms with E-state index >= 15 is 0 Å². The second-order valence-electron chi connectivity index (χ2n) is 31.3. The zero-order valence-electron chi connectivity index (χ0n) is 66.8. The van der Waals surface area contributed by atoms with Gasteiger partial charge in [-0.15, -0.1) is 0 Å². The van der Waals surface area contributed by atoms with Gasteiger partial charge in [0.25, 0.3) is 0 Å². The number of rotatable bonds is 86. The van der Waals surface area contributed by atoms with Gasteiger partial charge < -0.3 is 20.3 Å². The number of carbonyl (C=O) groups is 2. The predicted molar refractivity (Wildman–Crippen MR) is 435 cm³/mol. The maximum absolute atomic E-state index is 12.6. The molecule has 0 heterocycles. The molecule has 6 heteroatoms. The minimum absolute atomic E-state index is 0.0205. The van der Waals surface area contributed by atoms with Crippen LogP contribution in [-0.2, 0) is 14.3 Å². The highest BCUT2D eigenvalue weighted by molar-refractivity contribution is 5.76. The Morgan fingerprint density at radius 3 is 0.796 bits per heavy atom. The van der Waals surface area contributed by atoms with Crippen LogP contribution in [0.1, 0.15) is 515 Å². The summed E-state index contributed by atoms with van der Waals surface area (Å²) in [6, 6.07) is -0.625. The molecule has 0 aliphatic carbocycles. The van der Waals surface area contributed by atoms with Crippen LogP contribution in [0.15, 0.2) is 36.5 Å². The topological polar surface area (TPSA) is 95.9 Å². The molecule has 0 aliphatic heterocycles. The van der Waals surface area contributed by atoms with Gasteiger partial charge in [0.15, 0.2) is 0 Å². The Morgan fingerprint density at radius 2 is 0.510 bits per heavy atom. The predicted octanol–water partition coefficient (Wildman–Crippen LogP) is 30.5. The molecule has 0 saturated heterocycles. The van der Waals surface area contributed by atoms with Crippen LogP contribution in [-0.4, -0.2) is 47.4 Å². The van der Waals surface area contributed by atoms with Gasteiger partial charge in [0.2, 0.25) is 5.91 Å². The molecule has 0 aliphatic rings. The van der Waals surface area contributed by atoms with Gasteiger partial charge in [-0.25, -0.2) is 0 Å². The monoisotopic (exact) mass is 1380 g/mol. The fraction of sp³-hybridized carbons (Fsp3) is 0.913. The fourth-order valence-corrected chi connectivity index (χ4v) is 14.6. The highest BCUT2D eigenvalue weighted by Crippen LogP contribution is 2.21. The molecular formula is C92H177NO5. The van der Waals surface area contributed by atoms with Crippen molar-refractivity contribution in [2.24, 2.45) is 0 Å². The van der Waals surface area contributed by atoms with Crippen molar-refractivity contribution in [3.63, 3.8) is 0 Å². The number of ether oxygens (including phenoxy) is 1. The molecule has 0 aromatic heterocycles. The summed E-state index contributed by atoms with van der Waals surface area (Å²) in [7, 11) is 0. The first-order valence-corrected chi connectivity index (χ1v) is 45.3. The van der Waals surface area contributed by atoms with Gasteiger partial charge in [0.1, 0.15) is 0 Å². The zero-order valence-corrected chi connectivity index (χ0v) is 66.8. The van der Waals surface area contributed by atoms with Gasteiger partial charge >= 0.3 is 5.97 Å². The molecule has 0 rings (SSSR count). The van der Waals surface area contributed by atoms with E-state index in [1.165, 1.54) is 443 Å². The number of aliphatic hydroxyl groups excluding tert-OH is 2. The minimum atomic E-state index is -0.842. The van der Waals surface area contributed by atoms with Crippen LogP contribution in [0.25, 0.3) is 0 Å². The molecular weight excluding hydrogens is 1200 g/mol. The summed E-state index contributed by atoms with van der Waals surface area (Å²) in [4.78, 5) is 24.7. The molecule has 2 atom stereocenters. The van der Waals surface area contributed by atoms with E-state index in [9.17, 15) is 19.8 Å². The van der Waals surface area contributed by atoms with E-state index in [4.69, 9.17) is 4.74 Å². The first kappa shape index (κ1) is 96.1. The number of hydrogen-bond donors (Lipinski definition) is 3. The van der Waals surface area contributed by atoms with Crippen LogP contribution in [0, 0.1) is 0 Å². The molecule has 0 radical (unpaired) electrons. The van der Waals surface area contributed by atoms with Crippen molar-refractivity contribution in [1.82, 2.24) is 5.32 Å². The quantitative estimate of drug-likeness (QED) is 0.0320. The standard InChI is InChI=1S/C92H177NO5/c1-3-5-7-9-11-13-15-17-19-21-23-24-25-39-42-45-49-52-56-60-64-68-72-76-80-84-90(95)89(88-94)93-91(96)85-81-77-73-69-65-61-57-53-50-46-43-40-37-35-33-31-29-27-26-28-30-32-34-36-38-41-44-47-51-55-59-63-67-71-75-79-83-87-98-92(97)86-82-78-74-70-66-62-58-54-48-22-20-18-16-14-12-10-8-6-4-2/h12,14,18,20,80,84,89-90,94-95H,3-11,13,15-17,19,21-79,81-83,85-88H2,1-2H3,(H,93,96)/b14-12-,20-18-,84-80+. The van der Waals surface area contributed by atoms with Gasteiger partial charge in [-0.1, -0.05) is 474 Å². The van der Waals surface area contributed by atoms with Crippen LogP contribution in [0.5, 0.6) is 0 Å². The summed E-state index contributed by atoms with van der Waals surface area (Å²) in [6.07, 6.45) is 116. The minimum Gasteiger partial charge on any atom is -0.466 e. The van der Waals surface area contributed by atoms with E-state index in [0.29, 0.717) is 19.4 Å². The summed E-state index contributed by atoms with van der Waals surface area (Å²) in [6.45, 7) is 4.94. The SMILES string of the molecule is CCCCC/C=C\C/C=C\CCCCCCCCCCCC(=O)OCCCCCCCCCCCCCCCCCCCCCCCCCCCCCCCCCCCCCCCC(=O)NC(CO)C(O)/C=C/CCCCCCCCCCCCCCCCCCCCCCCCC. The van der Waals surface area contributed by atoms with Crippen molar-refractivity contribution in [2.75, 3.05) is 13.2 Å². The molecule has 0 aromatic carbocycles. The van der Waals surface area contributed by atoms with Gasteiger partial charge in [-0.3, -0.25) is 9.59 Å². The van der Waals surface area contributed by atoms with Crippen molar-refractivity contribution in [3.05, 3.63) is 36.5 Å². The van der Waals surface area contributed by atoms with Crippen LogP contribution in [0.3, 0.4) is 0 Å². The number of amides is 1. The average Bonchev–Trinajstić information content (AvgIpc) is 1.77. The van der Waals surface area contributed by atoms with Crippen LogP contribution < -0.4 is 5.32 Å². The van der Waals surface area contributed by atoms with E-state index in [2.05, 4.69) is 43.5 Å². The van der Waals surface area contributed by atoms with E-state index in [1.54, 1.807) is 6.08 Å². The maximum Gasteiger partial charge on any atom is 0.305 e. The zero-order chi connectivity index (χ0) is 70.5. The number of carbonyl (C=O) groups excluding carboxylic acids is 2. The first-order chi connectivity index (χ1) is 48.5. The molecule has 0 saturated carbocycles. The summed E-state index contributed by atoms with van der Waals surface area (Å²) in [5.74, 6) is -0.0358. The van der Waals surface area contributed by atoms with Gasteiger partial charge in [0, 0.05) is 12.8 Å². The summed E-state index contributed by atoms with van der Waals surface area (Å²) in [5.41, 5.74) is 0. The Morgan fingerprint density at radius 1 is 0.286 bits per heavy atom. The molecule has 98 heavy (non-hydrogen) atoms. The first-order valence-electron chi connectivity index (χ1n) is 45.3. The maximum atomic E-state index is 12.6. The lowest BCUT2D eigenvalue weighted by Gasteiger charge is -2.20. The number of hydrogen-bond acceptors (Lipinski definition) is 5. The second kappa shape index (κ2) is 87.5. The van der Waals surface area contributed by atoms with Crippen molar-refractivity contribution in [1.29, 1.82) is 0 Å². The molecule has 0 aromatic rings. The Labute approximate surface area is 614 Å². The second-order valence-corrected chi connectivity index (χ2v) is 31.3. The van der Waals surface area contributed by atoms with Crippen LogP contribution >= 0.6 is 0 Å². The van der Waals surface area contributed by atoms with Crippen molar-refractivity contribution in [3.8, 4) is 0 Å². The number of nitrogens with one attached hydrogen (secondary N) is 1. The smallest absolute Gasteiger partial charge is 0.305 e. The molecule has 580 valence electrons. The fourth-order valence-electron chi connectivity index (χ4n) is 14.6. The van der Waals surface area contributed by atoms with E-state index < -0.39 is 12.1 Å².